The van der Waals surface area contributed by atoms with Crippen LogP contribution in [0.3, 0.4) is 0 Å². The van der Waals surface area contributed by atoms with E-state index in [0.29, 0.717) is 10.2 Å². The van der Waals surface area contributed by atoms with Crippen molar-refractivity contribution in [1.82, 2.24) is 5.32 Å². The van der Waals surface area contributed by atoms with Crippen LogP contribution in [0, 0.1) is 12.7 Å². The summed E-state index contributed by atoms with van der Waals surface area (Å²) in [6, 6.07) is 2.95. The van der Waals surface area contributed by atoms with E-state index in [1.165, 1.54) is 13.2 Å². The quantitative estimate of drug-likeness (QED) is 0.814. The summed E-state index contributed by atoms with van der Waals surface area (Å²) >= 11 is 11.1. The Bertz CT molecular complexity index is 632. The number of hydrogen-bond acceptors (Lipinski definition) is 3. The molecule has 1 atom stereocenters. The normalized spacial score (nSPS) is 12.5. The molecule has 2 rings (SSSR count). The summed E-state index contributed by atoms with van der Waals surface area (Å²) in [5.41, 5.74) is 1.87. The van der Waals surface area contributed by atoms with E-state index in [1.54, 1.807) is 17.4 Å². The monoisotopic (exact) mass is 377 g/mol. The lowest BCUT2D eigenvalue weighted by atomic mass is 10.0. The second kappa shape index (κ2) is 6.43. The molecule has 6 heteroatoms. The summed E-state index contributed by atoms with van der Waals surface area (Å²) in [6.07, 6.45) is 0. The molecule has 2 nitrogen and oxygen atoms in total. The first-order valence-corrected chi connectivity index (χ1v) is 7.98. The molecule has 1 aromatic carbocycles. The zero-order valence-electron chi connectivity index (χ0n) is 11.3. The van der Waals surface area contributed by atoms with Crippen molar-refractivity contribution in [2.75, 3.05) is 14.2 Å². The van der Waals surface area contributed by atoms with Gasteiger partial charge in [-0.05, 0) is 46.9 Å². The molecule has 1 heterocycles. The van der Waals surface area contributed by atoms with Crippen LogP contribution in [0.15, 0.2) is 22.0 Å². The Kier molecular flexibility index (Phi) is 5.07. The minimum atomic E-state index is -0.353. The molecule has 20 heavy (non-hydrogen) atoms. The minimum absolute atomic E-state index is 0.145. The molecule has 0 bridgehead atoms. The molecule has 1 unspecified atom stereocenters. The maximum Gasteiger partial charge on any atom is 0.141 e. The van der Waals surface area contributed by atoms with E-state index in [-0.39, 0.29) is 11.9 Å². The summed E-state index contributed by atoms with van der Waals surface area (Å²) in [6.45, 7) is 1.97. The number of rotatable bonds is 4. The molecule has 0 aliphatic rings. The van der Waals surface area contributed by atoms with Gasteiger partial charge in [-0.15, -0.1) is 11.3 Å². The first kappa shape index (κ1) is 15.8. The van der Waals surface area contributed by atoms with Gasteiger partial charge in [0.25, 0.3) is 0 Å². The van der Waals surface area contributed by atoms with Crippen LogP contribution in [0.5, 0.6) is 5.75 Å². The van der Waals surface area contributed by atoms with E-state index in [1.807, 2.05) is 19.4 Å². The number of thiophene rings is 1. The third-order valence-corrected chi connectivity index (χ3v) is 5.45. The first-order chi connectivity index (χ1) is 9.49. The predicted molar refractivity (Wildman–Crippen MR) is 85.6 cm³/mol. The third-order valence-electron chi connectivity index (χ3n) is 3.06. The Labute approximate surface area is 135 Å². The van der Waals surface area contributed by atoms with Gasteiger partial charge in [0.15, 0.2) is 0 Å². The van der Waals surface area contributed by atoms with Crippen LogP contribution in [0.25, 0.3) is 0 Å². The van der Waals surface area contributed by atoms with E-state index in [0.717, 1.165) is 21.0 Å². The maximum absolute atomic E-state index is 13.6. The number of ether oxygens (including phenoxy) is 1. The van der Waals surface area contributed by atoms with Crippen molar-refractivity contribution in [2.24, 2.45) is 0 Å². The third kappa shape index (κ3) is 2.86. The van der Waals surface area contributed by atoms with Gasteiger partial charge in [-0.2, -0.15) is 0 Å². The molecule has 1 aromatic heterocycles. The highest BCUT2D eigenvalue weighted by Gasteiger charge is 2.23. The van der Waals surface area contributed by atoms with Crippen molar-refractivity contribution < 1.29 is 9.13 Å². The molecule has 0 spiro atoms. The van der Waals surface area contributed by atoms with Gasteiger partial charge in [-0.1, -0.05) is 11.6 Å². The van der Waals surface area contributed by atoms with Crippen LogP contribution in [0.4, 0.5) is 4.39 Å². The Morgan fingerprint density at radius 3 is 2.65 bits per heavy atom. The van der Waals surface area contributed by atoms with Gasteiger partial charge < -0.3 is 10.1 Å². The van der Waals surface area contributed by atoms with E-state index in [4.69, 9.17) is 16.3 Å². The van der Waals surface area contributed by atoms with E-state index in [2.05, 4.69) is 21.2 Å². The van der Waals surface area contributed by atoms with Crippen LogP contribution in [-0.2, 0) is 0 Å². The summed E-state index contributed by atoms with van der Waals surface area (Å²) in [5.74, 6) is 0.140. The lowest BCUT2D eigenvalue weighted by molar-refractivity contribution is 0.401. The fourth-order valence-electron chi connectivity index (χ4n) is 2.02. The largest absolute Gasteiger partial charge is 0.496 e. The highest BCUT2D eigenvalue weighted by atomic mass is 79.9. The molecule has 2 aromatic rings. The fourth-order valence-corrected chi connectivity index (χ4v) is 3.81. The van der Waals surface area contributed by atoms with E-state index >= 15 is 0 Å². The first-order valence-electron chi connectivity index (χ1n) is 5.93. The number of benzene rings is 1. The van der Waals surface area contributed by atoms with Crippen molar-refractivity contribution in [3.63, 3.8) is 0 Å². The molecular formula is C14H14BrClFNOS. The maximum atomic E-state index is 13.6. The highest BCUT2D eigenvalue weighted by molar-refractivity contribution is 9.10. The Morgan fingerprint density at radius 2 is 2.15 bits per heavy atom. The molecule has 0 saturated carbocycles. The Hall–Kier alpha value is -0.620. The molecule has 0 radical (unpaired) electrons. The molecule has 1 N–H and O–H groups in total. The smallest absolute Gasteiger partial charge is 0.141 e. The number of methoxy groups -OCH3 is 1. The Morgan fingerprint density at radius 1 is 1.45 bits per heavy atom. The summed E-state index contributed by atoms with van der Waals surface area (Å²) in [4.78, 5) is 0.989. The van der Waals surface area contributed by atoms with Crippen molar-refractivity contribution in [3.8, 4) is 5.75 Å². The molecular weight excluding hydrogens is 365 g/mol. The SMILES string of the molecule is CNC(c1cc(Br)c(F)cc1OC)c1scc(C)c1Cl. The van der Waals surface area contributed by atoms with Crippen LogP contribution >= 0.6 is 38.9 Å². The van der Waals surface area contributed by atoms with Crippen molar-refractivity contribution in [3.05, 3.63) is 48.8 Å². The lowest BCUT2D eigenvalue weighted by Gasteiger charge is -2.19. The van der Waals surface area contributed by atoms with Crippen LogP contribution in [0.1, 0.15) is 22.0 Å². The van der Waals surface area contributed by atoms with Gasteiger partial charge in [0.05, 0.1) is 22.6 Å². The van der Waals surface area contributed by atoms with E-state index in [9.17, 15) is 4.39 Å². The standard InChI is InChI=1S/C14H14BrClFNOS/c1-7-6-20-14(12(7)16)13(18-2)8-4-9(15)10(17)5-11(8)19-3/h4-6,13,18H,1-3H3. The van der Waals surface area contributed by atoms with Crippen LogP contribution < -0.4 is 10.1 Å². The molecule has 0 aliphatic carbocycles. The topological polar surface area (TPSA) is 21.3 Å². The number of aryl methyl sites for hydroxylation is 1. The average Bonchev–Trinajstić information content (AvgIpc) is 2.75. The average molecular weight is 379 g/mol. The summed E-state index contributed by atoms with van der Waals surface area (Å²) in [5, 5.41) is 5.95. The second-order valence-electron chi connectivity index (χ2n) is 4.33. The van der Waals surface area contributed by atoms with Gasteiger partial charge in [-0.25, -0.2) is 4.39 Å². The van der Waals surface area contributed by atoms with Crippen molar-refractivity contribution in [1.29, 1.82) is 0 Å². The minimum Gasteiger partial charge on any atom is -0.496 e. The second-order valence-corrected chi connectivity index (χ2v) is 6.47. The molecule has 0 amide bonds. The van der Waals surface area contributed by atoms with Gasteiger partial charge in [0, 0.05) is 16.5 Å². The highest BCUT2D eigenvalue weighted by Crippen LogP contribution is 2.40. The van der Waals surface area contributed by atoms with Gasteiger partial charge >= 0.3 is 0 Å². The fraction of sp³-hybridized carbons (Fsp3) is 0.286. The molecule has 108 valence electrons. The summed E-state index contributed by atoms with van der Waals surface area (Å²) < 4.78 is 19.3. The lowest BCUT2D eigenvalue weighted by Crippen LogP contribution is -2.18. The molecule has 0 fully saturated rings. The number of halogens is 3. The zero-order valence-corrected chi connectivity index (χ0v) is 14.4. The molecule has 0 aliphatic heterocycles. The van der Waals surface area contributed by atoms with Gasteiger partial charge in [0.2, 0.25) is 0 Å². The van der Waals surface area contributed by atoms with Crippen LogP contribution in [0.2, 0.25) is 5.02 Å². The zero-order chi connectivity index (χ0) is 14.9. The van der Waals surface area contributed by atoms with Crippen molar-refractivity contribution >= 4 is 38.9 Å². The summed E-state index contributed by atoms with van der Waals surface area (Å²) in [7, 11) is 3.37. The van der Waals surface area contributed by atoms with E-state index < -0.39 is 0 Å². The predicted octanol–water partition coefficient (Wildman–Crippen LogP) is 4.93. The van der Waals surface area contributed by atoms with Gasteiger partial charge in [0.1, 0.15) is 11.6 Å². The molecule has 0 saturated heterocycles. The van der Waals surface area contributed by atoms with Crippen molar-refractivity contribution in [2.45, 2.75) is 13.0 Å². The Balaban J connectivity index is 2.57. The van der Waals surface area contributed by atoms with Gasteiger partial charge in [-0.3, -0.25) is 0 Å². The van der Waals surface area contributed by atoms with Crippen LogP contribution in [-0.4, -0.2) is 14.2 Å². The number of hydrogen-bond donors (Lipinski definition) is 1. The number of nitrogens with one attached hydrogen (secondary N) is 1.